The number of halogens is 12. The number of morpholine rings is 1. The molecule has 2 aliphatic rings. The number of hydrogen-bond acceptors (Lipinski definition) is 3. The maximum atomic E-state index is 13.9. The van der Waals surface area contributed by atoms with Gasteiger partial charge in [-0.25, -0.2) is 9.64 Å². The van der Waals surface area contributed by atoms with Gasteiger partial charge in [-0.2, -0.15) is 52.7 Å². The monoisotopic (exact) mass is 413 g/mol. The molecule has 0 N–H and O–H groups in total. The topological polar surface area (TPSA) is 21.7 Å². The third-order valence-corrected chi connectivity index (χ3v) is 3.32. The smallest absolute Gasteiger partial charge is 0.453 e. The minimum absolute atomic E-state index is 0.284. The fourth-order valence-electron chi connectivity index (χ4n) is 1.81. The van der Waals surface area contributed by atoms with Crippen molar-refractivity contribution in [2.75, 3.05) is 6.61 Å². The van der Waals surface area contributed by atoms with Crippen molar-refractivity contribution in [1.82, 2.24) is 4.90 Å². The van der Waals surface area contributed by atoms with Crippen LogP contribution >= 0.6 is 0 Å². The van der Waals surface area contributed by atoms with Crippen molar-refractivity contribution in [3.63, 3.8) is 0 Å². The molecule has 0 unspecified atom stereocenters. The van der Waals surface area contributed by atoms with E-state index in [0.29, 0.717) is 0 Å². The van der Waals surface area contributed by atoms with Crippen LogP contribution in [-0.2, 0) is 9.47 Å². The van der Waals surface area contributed by atoms with Gasteiger partial charge in [0.15, 0.2) is 0 Å². The highest BCUT2D eigenvalue weighted by Crippen LogP contribution is 2.58. The average molecular weight is 413 g/mol. The molecule has 152 valence electrons. The van der Waals surface area contributed by atoms with Gasteiger partial charge in [0.2, 0.25) is 5.95 Å². The van der Waals surface area contributed by atoms with E-state index in [1.54, 1.807) is 0 Å². The Kier molecular flexibility index (Phi) is 4.57. The summed E-state index contributed by atoms with van der Waals surface area (Å²) in [7, 11) is 0. The Balaban J connectivity index is 2.59. The Bertz CT molecular complexity index is 568. The summed E-state index contributed by atoms with van der Waals surface area (Å²) in [6.45, 7) is -0.976. The van der Waals surface area contributed by atoms with Crippen LogP contribution in [0.5, 0.6) is 0 Å². The summed E-state index contributed by atoms with van der Waals surface area (Å²) in [5.74, 6) is -7.60. The second-order valence-corrected chi connectivity index (χ2v) is 5.43. The molecule has 1 saturated heterocycles. The molecule has 0 atom stereocenters. The van der Waals surface area contributed by atoms with E-state index in [4.69, 9.17) is 0 Å². The summed E-state index contributed by atoms with van der Waals surface area (Å²) < 4.78 is 164. The molecule has 15 heteroatoms. The largest absolute Gasteiger partial charge is 0.486 e. The molecule has 26 heavy (non-hydrogen) atoms. The van der Waals surface area contributed by atoms with E-state index in [2.05, 4.69) is 4.74 Å². The van der Waals surface area contributed by atoms with Crippen molar-refractivity contribution in [2.24, 2.45) is 5.92 Å². The third kappa shape index (κ3) is 3.24. The van der Waals surface area contributed by atoms with Crippen LogP contribution in [0, 0.1) is 5.92 Å². The van der Waals surface area contributed by atoms with Gasteiger partial charge in [0.1, 0.15) is 0 Å². The lowest BCUT2D eigenvalue weighted by Crippen LogP contribution is -2.73. The van der Waals surface area contributed by atoms with Gasteiger partial charge in [-0.3, -0.25) is 0 Å². The van der Waals surface area contributed by atoms with Crippen LogP contribution in [0.1, 0.15) is 12.8 Å². The molecule has 0 amide bonds. The molecular weight excluding hydrogens is 406 g/mol. The van der Waals surface area contributed by atoms with Crippen molar-refractivity contribution in [3.05, 3.63) is 11.7 Å². The Hall–Kier alpha value is -1.54. The summed E-state index contributed by atoms with van der Waals surface area (Å²) in [5.41, 5.74) is 0. The van der Waals surface area contributed by atoms with E-state index < -0.39 is 59.6 Å². The number of alkyl halides is 11. The van der Waals surface area contributed by atoms with Crippen LogP contribution in [0.2, 0.25) is 0 Å². The summed E-state index contributed by atoms with van der Waals surface area (Å²) in [6, 6.07) is -13.2. The Labute approximate surface area is 136 Å². The predicted octanol–water partition coefficient (Wildman–Crippen LogP) is 4.82. The molecule has 3 nitrogen and oxygen atoms in total. The number of hydrogen-bond donors (Lipinski definition) is 0. The molecular formula is C11H7F12NO2. The molecule has 1 aliphatic carbocycles. The van der Waals surface area contributed by atoms with E-state index in [0.717, 1.165) is 0 Å². The molecule has 0 aromatic carbocycles. The average Bonchev–Trinajstić information content (AvgIpc) is 3.17. The quantitative estimate of drug-likeness (QED) is 0.375. The molecule has 2 rings (SSSR count). The fraction of sp³-hybridized carbons (Fsp3) is 0.818. The first-order valence-electron chi connectivity index (χ1n) is 6.56. The number of rotatable bonds is 4. The second-order valence-electron chi connectivity index (χ2n) is 5.43. The maximum Gasteiger partial charge on any atom is 0.453 e. The molecule has 0 aromatic heterocycles. The van der Waals surface area contributed by atoms with Crippen LogP contribution in [0.4, 0.5) is 52.7 Å². The van der Waals surface area contributed by atoms with Crippen LogP contribution < -0.4 is 0 Å². The highest BCUT2D eigenvalue weighted by atomic mass is 19.4. The van der Waals surface area contributed by atoms with Crippen LogP contribution in [0.25, 0.3) is 0 Å². The van der Waals surface area contributed by atoms with Gasteiger partial charge in [0.05, 0.1) is 6.61 Å². The summed E-state index contributed by atoms with van der Waals surface area (Å²) in [6.07, 6.45) is -18.4. The molecule has 1 saturated carbocycles. The van der Waals surface area contributed by atoms with E-state index in [1.807, 2.05) is 4.74 Å². The van der Waals surface area contributed by atoms with Gasteiger partial charge < -0.3 is 4.74 Å². The zero-order chi connectivity index (χ0) is 20.3. The molecule has 1 heterocycles. The van der Waals surface area contributed by atoms with Gasteiger partial charge in [-0.15, -0.1) is 0 Å². The van der Waals surface area contributed by atoms with Crippen molar-refractivity contribution < 1.29 is 62.2 Å². The number of nitrogens with zero attached hydrogens (tertiary/aromatic N) is 1. The van der Waals surface area contributed by atoms with E-state index >= 15 is 0 Å². The fourth-order valence-corrected chi connectivity index (χ4v) is 1.81. The van der Waals surface area contributed by atoms with E-state index in [1.165, 1.54) is 0 Å². The lowest BCUT2D eigenvalue weighted by Gasteiger charge is -2.47. The molecule has 0 spiro atoms. The normalized spacial score (nSPS) is 27.8. The highest BCUT2D eigenvalue weighted by molar-refractivity contribution is 5.13. The van der Waals surface area contributed by atoms with Crippen molar-refractivity contribution >= 4 is 0 Å². The van der Waals surface area contributed by atoms with Gasteiger partial charge in [0, 0.05) is 0 Å². The third-order valence-electron chi connectivity index (χ3n) is 3.32. The molecule has 0 aromatic rings. The molecule has 0 radical (unpaired) electrons. The van der Waals surface area contributed by atoms with Crippen LogP contribution in [0.3, 0.4) is 0 Å². The van der Waals surface area contributed by atoms with Gasteiger partial charge in [-0.05, 0) is 18.8 Å². The van der Waals surface area contributed by atoms with Crippen molar-refractivity contribution in [2.45, 2.75) is 43.3 Å². The maximum absolute atomic E-state index is 13.9. The highest BCUT2D eigenvalue weighted by Gasteiger charge is 2.84. The number of ether oxygens (including phenoxy) is 2. The van der Waals surface area contributed by atoms with Gasteiger partial charge >= 0.3 is 30.5 Å². The standard InChI is InChI=1S/C11H7F12NO2/c12-6(5(7(13,14)15)25-3-4-1-2-4)24-8(16,17)10(20,21)26-11(22,23)9(24,18)19/h4H,1-3H2/b6-5-. The first kappa shape index (κ1) is 20.8. The Morgan fingerprint density at radius 3 is 1.69 bits per heavy atom. The van der Waals surface area contributed by atoms with Crippen LogP contribution in [0.15, 0.2) is 11.7 Å². The van der Waals surface area contributed by atoms with Gasteiger partial charge in [0.25, 0.3) is 5.76 Å². The molecule has 2 fully saturated rings. The lowest BCUT2D eigenvalue weighted by molar-refractivity contribution is -0.559. The number of allylic oxidation sites excluding steroid dienone is 1. The van der Waals surface area contributed by atoms with E-state index in [-0.39, 0.29) is 12.8 Å². The molecule has 1 aliphatic heterocycles. The summed E-state index contributed by atoms with van der Waals surface area (Å²) in [5, 5.41) is 0. The first-order chi connectivity index (χ1) is 11.5. The predicted molar refractivity (Wildman–Crippen MR) is 55.6 cm³/mol. The minimum Gasteiger partial charge on any atom is -0.486 e. The van der Waals surface area contributed by atoms with Crippen LogP contribution in [-0.4, -0.2) is 42.0 Å². The van der Waals surface area contributed by atoms with E-state index in [9.17, 15) is 52.7 Å². The van der Waals surface area contributed by atoms with Crippen molar-refractivity contribution in [1.29, 1.82) is 0 Å². The Morgan fingerprint density at radius 2 is 1.35 bits per heavy atom. The summed E-state index contributed by atoms with van der Waals surface area (Å²) >= 11 is 0. The molecule has 0 bridgehead atoms. The first-order valence-corrected chi connectivity index (χ1v) is 6.56. The zero-order valence-electron chi connectivity index (χ0n) is 12.0. The summed E-state index contributed by atoms with van der Waals surface area (Å²) in [4.78, 5) is -2.97. The minimum atomic E-state index is -6.61. The lowest BCUT2D eigenvalue weighted by atomic mass is 10.2. The SMILES string of the molecule is F/C(=C(/OCC1CC1)C(F)(F)F)N1C(F)(F)C(F)(F)OC(F)(F)C1(F)F. The van der Waals surface area contributed by atoms with Gasteiger partial charge in [-0.1, -0.05) is 0 Å². The Morgan fingerprint density at radius 1 is 0.923 bits per heavy atom. The van der Waals surface area contributed by atoms with Crippen molar-refractivity contribution in [3.8, 4) is 0 Å². The second kappa shape index (κ2) is 5.73. The zero-order valence-corrected chi connectivity index (χ0v) is 12.0.